The molecular formula is C24H22N4O3. The van der Waals surface area contributed by atoms with Crippen molar-refractivity contribution >= 4 is 33.8 Å². The van der Waals surface area contributed by atoms with Crippen LogP contribution in [0.5, 0.6) is 0 Å². The number of benzene rings is 2. The Labute approximate surface area is 179 Å². The van der Waals surface area contributed by atoms with Crippen LogP contribution in [0.1, 0.15) is 39.9 Å². The van der Waals surface area contributed by atoms with Crippen LogP contribution in [-0.4, -0.2) is 44.4 Å². The smallest absolute Gasteiger partial charge is 0.261 e. The van der Waals surface area contributed by atoms with Gasteiger partial charge in [0.2, 0.25) is 0 Å². The van der Waals surface area contributed by atoms with E-state index in [1.165, 1.54) is 4.90 Å². The van der Waals surface area contributed by atoms with Gasteiger partial charge in [0.1, 0.15) is 17.9 Å². The highest BCUT2D eigenvalue weighted by atomic mass is 16.5. The minimum atomic E-state index is -0.222. The van der Waals surface area contributed by atoms with Crippen LogP contribution in [-0.2, 0) is 17.9 Å². The first-order chi connectivity index (χ1) is 15.2. The third-order valence-corrected chi connectivity index (χ3v) is 5.64. The summed E-state index contributed by atoms with van der Waals surface area (Å²) in [5, 5.41) is 1.02. The molecule has 2 aromatic heterocycles. The van der Waals surface area contributed by atoms with Crippen LogP contribution in [0.25, 0.3) is 21.9 Å². The highest BCUT2D eigenvalue weighted by molar-refractivity contribution is 6.21. The molecule has 0 saturated heterocycles. The monoisotopic (exact) mass is 414 g/mol. The third kappa shape index (κ3) is 3.27. The van der Waals surface area contributed by atoms with Gasteiger partial charge in [-0.3, -0.25) is 19.5 Å². The van der Waals surface area contributed by atoms with Gasteiger partial charge in [-0.05, 0) is 31.5 Å². The van der Waals surface area contributed by atoms with E-state index < -0.39 is 0 Å². The highest BCUT2D eigenvalue weighted by Crippen LogP contribution is 2.26. The van der Waals surface area contributed by atoms with E-state index in [1.807, 2.05) is 31.2 Å². The van der Waals surface area contributed by atoms with E-state index in [0.29, 0.717) is 43.9 Å². The summed E-state index contributed by atoms with van der Waals surface area (Å²) in [5.74, 6) is 0.373. The van der Waals surface area contributed by atoms with Crippen molar-refractivity contribution in [3.05, 3.63) is 71.7 Å². The second-order valence-electron chi connectivity index (χ2n) is 7.49. The molecule has 0 N–H and O–H groups in total. The third-order valence-electron chi connectivity index (χ3n) is 5.64. The zero-order chi connectivity index (χ0) is 21.4. The van der Waals surface area contributed by atoms with Crippen molar-refractivity contribution in [1.82, 2.24) is 19.4 Å². The zero-order valence-electron chi connectivity index (χ0n) is 17.2. The summed E-state index contributed by atoms with van der Waals surface area (Å²) >= 11 is 0. The summed E-state index contributed by atoms with van der Waals surface area (Å²) in [7, 11) is 0. The van der Waals surface area contributed by atoms with Crippen LogP contribution >= 0.6 is 0 Å². The van der Waals surface area contributed by atoms with E-state index in [4.69, 9.17) is 9.72 Å². The Morgan fingerprint density at radius 1 is 0.903 bits per heavy atom. The first-order valence-electron chi connectivity index (χ1n) is 10.4. The molecule has 0 spiro atoms. The molecule has 7 nitrogen and oxygen atoms in total. The molecule has 156 valence electrons. The number of imidazole rings is 1. The van der Waals surface area contributed by atoms with Gasteiger partial charge >= 0.3 is 0 Å². The van der Waals surface area contributed by atoms with Crippen molar-refractivity contribution in [3.8, 4) is 0 Å². The topological polar surface area (TPSA) is 77.3 Å². The minimum absolute atomic E-state index is 0.222. The summed E-state index contributed by atoms with van der Waals surface area (Å²) < 4.78 is 7.77. The lowest BCUT2D eigenvalue weighted by Gasteiger charge is -2.15. The number of carbonyl (C=O) groups is 2. The fourth-order valence-corrected chi connectivity index (χ4v) is 4.18. The second kappa shape index (κ2) is 7.92. The number of hydrogen-bond donors (Lipinski definition) is 0. The molecule has 1 aliphatic rings. The Bertz CT molecular complexity index is 1280. The summed E-state index contributed by atoms with van der Waals surface area (Å²) in [6.07, 6.45) is 2.40. The maximum atomic E-state index is 12.7. The predicted molar refractivity (Wildman–Crippen MR) is 117 cm³/mol. The predicted octanol–water partition coefficient (Wildman–Crippen LogP) is 3.81. The number of rotatable bonds is 7. The number of nitrogens with zero attached hydrogens (tertiary/aromatic N) is 4. The average molecular weight is 414 g/mol. The van der Waals surface area contributed by atoms with Gasteiger partial charge in [0, 0.05) is 25.1 Å². The molecule has 5 rings (SSSR count). The molecule has 0 unspecified atom stereocenters. The normalized spacial score (nSPS) is 13.5. The van der Waals surface area contributed by atoms with Crippen LogP contribution in [0, 0.1) is 0 Å². The SMILES string of the molecule is CCOCc1nc2cnc3ccccc3c2n1CCCN1C(=O)c2ccccc2C1=O. The fourth-order valence-electron chi connectivity index (χ4n) is 4.18. The van der Waals surface area contributed by atoms with Gasteiger partial charge < -0.3 is 9.30 Å². The van der Waals surface area contributed by atoms with Gasteiger partial charge in [0.15, 0.2) is 0 Å². The molecule has 31 heavy (non-hydrogen) atoms. The largest absolute Gasteiger partial charge is 0.374 e. The van der Waals surface area contributed by atoms with Crippen molar-refractivity contribution in [3.63, 3.8) is 0 Å². The van der Waals surface area contributed by atoms with Gasteiger partial charge in [0.25, 0.3) is 11.8 Å². The van der Waals surface area contributed by atoms with Crippen LogP contribution in [0.2, 0.25) is 0 Å². The summed E-state index contributed by atoms with van der Waals surface area (Å²) in [5.41, 5.74) is 3.68. The number of imide groups is 1. The number of carbonyl (C=O) groups excluding carboxylic acids is 2. The number of hydrogen-bond acceptors (Lipinski definition) is 5. The molecule has 2 aromatic carbocycles. The molecule has 0 atom stereocenters. The lowest BCUT2D eigenvalue weighted by Crippen LogP contribution is -2.31. The molecule has 0 radical (unpaired) electrons. The summed E-state index contributed by atoms with van der Waals surface area (Å²) in [4.78, 5) is 35.9. The first-order valence-corrected chi connectivity index (χ1v) is 10.4. The van der Waals surface area contributed by atoms with Gasteiger partial charge in [-0.1, -0.05) is 30.3 Å². The number of aryl methyl sites for hydroxylation is 1. The molecule has 2 amide bonds. The van der Waals surface area contributed by atoms with E-state index in [-0.39, 0.29) is 11.8 Å². The van der Waals surface area contributed by atoms with Crippen LogP contribution in [0.4, 0.5) is 0 Å². The molecule has 0 saturated carbocycles. The van der Waals surface area contributed by atoms with Gasteiger partial charge in [-0.25, -0.2) is 4.98 Å². The van der Waals surface area contributed by atoms with Crippen molar-refractivity contribution in [2.75, 3.05) is 13.2 Å². The molecule has 7 heteroatoms. The quantitative estimate of drug-likeness (QED) is 0.430. The lowest BCUT2D eigenvalue weighted by molar-refractivity contribution is 0.0650. The number of para-hydroxylation sites is 1. The Hall–Kier alpha value is -3.58. The summed E-state index contributed by atoms with van der Waals surface area (Å²) in [6, 6.07) is 14.9. The number of fused-ring (bicyclic) bond motifs is 4. The van der Waals surface area contributed by atoms with Crippen molar-refractivity contribution in [2.45, 2.75) is 26.5 Å². The van der Waals surface area contributed by atoms with E-state index in [1.54, 1.807) is 30.5 Å². The fraction of sp³-hybridized carbons (Fsp3) is 0.250. The Kier molecular flexibility index (Phi) is 4.95. The van der Waals surface area contributed by atoms with Crippen LogP contribution < -0.4 is 0 Å². The van der Waals surface area contributed by atoms with E-state index in [2.05, 4.69) is 9.55 Å². The van der Waals surface area contributed by atoms with E-state index in [9.17, 15) is 9.59 Å². The maximum absolute atomic E-state index is 12.7. The number of amides is 2. The maximum Gasteiger partial charge on any atom is 0.261 e. The molecule has 4 aromatic rings. The second-order valence-corrected chi connectivity index (χ2v) is 7.49. The summed E-state index contributed by atoms with van der Waals surface area (Å²) in [6.45, 7) is 3.90. The molecular weight excluding hydrogens is 392 g/mol. The van der Waals surface area contributed by atoms with Crippen LogP contribution in [0.3, 0.4) is 0 Å². The number of pyridine rings is 1. The standard InChI is InChI=1S/C24H22N4O3/c1-2-31-15-21-26-20-14-25-19-11-6-5-10-18(19)22(20)27(21)12-7-13-28-23(29)16-8-3-4-9-17(16)24(28)30/h3-6,8-11,14H,2,7,12-13,15H2,1H3. The van der Waals surface area contributed by atoms with Gasteiger partial charge in [-0.15, -0.1) is 0 Å². The van der Waals surface area contributed by atoms with Gasteiger partial charge in [-0.2, -0.15) is 0 Å². The lowest BCUT2D eigenvalue weighted by atomic mass is 10.1. The number of aromatic nitrogens is 3. The van der Waals surface area contributed by atoms with E-state index in [0.717, 1.165) is 27.8 Å². The highest BCUT2D eigenvalue weighted by Gasteiger charge is 2.34. The first kappa shape index (κ1) is 19.4. The molecule has 1 aliphatic heterocycles. The van der Waals surface area contributed by atoms with Gasteiger partial charge in [0.05, 0.1) is 28.4 Å². The molecule has 0 fully saturated rings. The Balaban J connectivity index is 1.44. The van der Waals surface area contributed by atoms with E-state index >= 15 is 0 Å². The molecule has 0 aliphatic carbocycles. The van der Waals surface area contributed by atoms with Crippen molar-refractivity contribution in [1.29, 1.82) is 0 Å². The van der Waals surface area contributed by atoms with Crippen LogP contribution in [0.15, 0.2) is 54.7 Å². The number of ether oxygens (including phenoxy) is 1. The zero-order valence-corrected chi connectivity index (χ0v) is 17.2. The Morgan fingerprint density at radius 2 is 1.61 bits per heavy atom. The van der Waals surface area contributed by atoms with Crippen molar-refractivity contribution in [2.24, 2.45) is 0 Å². The minimum Gasteiger partial charge on any atom is -0.374 e. The Morgan fingerprint density at radius 3 is 2.35 bits per heavy atom. The average Bonchev–Trinajstić information content (AvgIpc) is 3.28. The molecule has 0 bridgehead atoms. The molecule has 3 heterocycles. The van der Waals surface area contributed by atoms with Crippen molar-refractivity contribution < 1.29 is 14.3 Å².